The average molecular weight is 941 g/mol. The lowest BCUT2D eigenvalue weighted by molar-refractivity contribution is -0.203. The molecule has 372 valence electrons. The monoisotopic (exact) mass is 941 g/mol. The van der Waals surface area contributed by atoms with Crippen molar-refractivity contribution < 1.29 is 43.9 Å². The molecular formula is C53H76N6O9. The van der Waals surface area contributed by atoms with Crippen molar-refractivity contribution in [3.63, 3.8) is 0 Å². The number of nitrogens with two attached hydrogens (primary N) is 2. The van der Waals surface area contributed by atoms with Gasteiger partial charge in [0.1, 0.15) is 23.3 Å². The number of carbonyl (C=O) groups is 3. The van der Waals surface area contributed by atoms with E-state index in [4.69, 9.17) is 25.7 Å². The highest BCUT2D eigenvalue weighted by Gasteiger charge is 2.78. The van der Waals surface area contributed by atoms with Crippen molar-refractivity contribution in [3.05, 3.63) is 70.9 Å². The van der Waals surface area contributed by atoms with Crippen LogP contribution in [0.25, 0.3) is 10.9 Å². The number of esters is 2. The number of aromatic amines is 1. The van der Waals surface area contributed by atoms with Gasteiger partial charge in [0, 0.05) is 77.5 Å². The number of methoxy groups -OCH3 is 2. The number of para-hydroxylation sites is 1. The highest BCUT2D eigenvalue weighted by Crippen LogP contribution is 2.67. The van der Waals surface area contributed by atoms with Crippen LogP contribution in [0.5, 0.6) is 5.75 Å². The van der Waals surface area contributed by atoms with Crippen LogP contribution in [0.2, 0.25) is 0 Å². The summed E-state index contributed by atoms with van der Waals surface area (Å²) in [6.45, 7) is 10.9. The number of aromatic nitrogens is 1. The molecule has 1 amide bonds. The van der Waals surface area contributed by atoms with Gasteiger partial charge >= 0.3 is 11.9 Å². The van der Waals surface area contributed by atoms with Crippen LogP contribution < -0.4 is 26.4 Å². The quantitative estimate of drug-likeness (QED) is 0.0674. The molecule has 8 rings (SSSR count). The van der Waals surface area contributed by atoms with Crippen molar-refractivity contribution in [2.24, 2.45) is 28.2 Å². The standard InChI is InChI=1S/C53H76N6O9/c1-9-49(64,31-54)29-32-17-11-12-19-34-33-18-13-14-20-37(33)57-41(34)52(30-32,47(63)67-8)36-27-35-38(28-39(36)66-7)58(6)44-51(35)22-25-59-24-15-21-50(10-2,43(51)59)45(61)53(44,65)46(62)56-23-16-26-68-42(60)40(55)48(3,4)5/h13-15,18,20-21,27-28,32,40,43-45,57,61,64-65H,9-12,16-17,19,22-26,29-31,54-55H2,1-8H3,(H,56,62)/t32-,40?,43?,44?,45-,49?,50-,51-,52+,53+/m1/s1. The highest BCUT2D eigenvalue weighted by atomic mass is 16.5. The molecule has 1 saturated heterocycles. The molecule has 4 unspecified atom stereocenters. The number of rotatable bonds is 14. The molecule has 5 aliphatic rings. The van der Waals surface area contributed by atoms with Crippen molar-refractivity contribution in [1.29, 1.82) is 0 Å². The third kappa shape index (κ3) is 7.48. The maximum absolute atomic E-state index is 15.5. The van der Waals surface area contributed by atoms with E-state index in [1.54, 1.807) is 7.11 Å². The van der Waals surface area contributed by atoms with Crippen LogP contribution in [-0.4, -0.2) is 133 Å². The Kier molecular flexibility index (Phi) is 13.5. The molecule has 2 aromatic carbocycles. The topological polar surface area (TPSA) is 226 Å². The van der Waals surface area contributed by atoms with Gasteiger partial charge in [-0.05, 0) is 92.5 Å². The van der Waals surface area contributed by atoms with E-state index >= 15 is 9.59 Å². The van der Waals surface area contributed by atoms with Gasteiger partial charge in [0.2, 0.25) is 0 Å². The first-order valence-corrected chi connectivity index (χ1v) is 24.9. The predicted molar refractivity (Wildman–Crippen MR) is 261 cm³/mol. The molecule has 4 heterocycles. The number of likely N-dealkylation sites (N-methyl/N-ethyl adjacent to an activating group) is 1. The molecule has 1 aromatic heterocycles. The van der Waals surface area contributed by atoms with Gasteiger partial charge in [0.25, 0.3) is 5.91 Å². The molecule has 1 saturated carbocycles. The first-order valence-electron chi connectivity index (χ1n) is 24.9. The fourth-order valence-electron chi connectivity index (χ4n) is 13.6. The summed E-state index contributed by atoms with van der Waals surface area (Å²) in [6.07, 6.45) is 8.09. The van der Waals surface area contributed by atoms with Crippen molar-refractivity contribution in [2.45, 2.75) is 145 Å². The number of amides is 1. The minimum Gasteiger partial charge on any atom is -0.496 e. The summed E-state index contributed by atoms with van der Waals surface area (Å²) in [5.74, 6) is -1.46. The summed E-state index contributed by atoms with van der Waals surface area (Å²) >= 11 is 0. The zero-order chi connectivity index (χ0) is 49.2. The number of hydrogen-bond donors (Lipinski definition) is 7. The molecule has 0 radical (unpaired) electrons. The summed E-state index contributed by atoms with van der Waals surface area (Å²) in [5.41, 5.74) is 9.74. The van der Waals surface area contributed by atoms with Crippen LogP contribution in [0, 0.1) is 16.7 Å². The smallest absolute Gasteiger partial charge is 0.323 e. The van der Waals surface area contributed by atoms with Crippen LogP contribution in [0.15, 0.2) is 48.6 Å². The molecule has 3 aromatic rings. The number of aliphatic hydroxyl groups excluding tert-OH is 1. The zero-order valence-corrected chi connectivity index (χ0v) is 41.5. The van der Waals surface area contributed by atoms with E-state index in [0.29, 0.717) is 56.5 Å². The van der Waals surface area contributed by atoms with E-state index in [-0.39, 0.29) is 44.5 Å². The first-order chi connectivity index (χ1) is 32.3. The minimum atomic E-state index is -2.35. The Labute approximate surface area is 401 Å². The zero-order valence-electron chi connectivity index (χ0n) is 41.5. The fourth-order valence-corrected chi connectivity index (χ4v) is 13.6. The Morgan fingerprint density at radius 1 is 1.07 bits per heavy atom. The van der Waals surface area contributed by atoms with Crippen molar-refractivity contribution in [1.82, 2.24) is 15.2 Å². The molecule has 15 heteroatoms. The fraction of sp³-hybridized carbons (Fsp3) is 0.642. The lowest BCUT2D eigenvalue weighted by Crippen LogP contribution is -2.81. The van der Waals surface area contributed by atoms with E-state index in [2.05, 4.69) is 27.3 Å². The number of nitrogens with zero attached hydrogens (tertiary/aromatic N) is 2. The highest BCUT2D eigenvalue weighted by molar-refractivity contribution is 5.95. The Bertz CT molecular complexity index is 2430. The van der Waals surface area contributed by atoms with Crippen LogP contribution in [0.4, 0.5) is 5.69 Å². The van der Waals surface area contributed by atoms with Crippen molar-refractivity contribution in [2.75, 3.05) is 59.0 Å². The van der Waals surface area contributed by atoms with Crippen LogP contribution in [0.1, 0.15) is 115 Å². The van der Waals surface area contributed by atoms with Crippen molar-refractivity contribution in [3.8, 4) is 5.75 Å². The molecule has 1 spiro atoms. The second-order valence-electron chi connectivity index (χ2n) is 21.7. The van der Waals surface area contributed by atoms with Gasteiger partial charge in [-0.25, -0.2) is 0 Å². The van der Waals surface area contributed by atoms with Gasteiger partial charge in [-0.15, -0.1) is 0 Å². The number of carbonyl (C=O) groups excluding carboxylic acids is 3. The summed E-state index contributed by atoms with van der Waals surface area (Å²) in [6, 6.07) is 10.0. The van der Waals surface area contributed by atoms with Gasteiger partial charge in [-0.2, -0.15) is 0 Å². The molecule has 68 heavy (non-hydrogen) atoms. The maximum Gasteiger partial charge on any atom is 0.323 e. The molecule has 9 N–H and O–H groups in total. The number of hydrogen-bond acceptors (Lipinski definition) is 13. The number of anilines is 1. The van der Waals surface area contributed by atoms with Gasteiger partial charge in [0.05, 0.1) is 32.5 Å². The van der Waals surface area contributed by atoms with Gasteiger partial charge in [0.15, 0.2) is 5.60 Å². The van der Waals surface area contributed by atoms with E-state index in [9.17, 15) is 20.1 Å². The number of nitrogens with one attached hydrogen (secondary N) is 2. The van der Waals surface area contributed by atoms with Crippen LogP contribution in [-0.2, 0) is 41.1 Å². The third-order valence-electron chi connectivity index (χ3n) is 17.2. The van der Waals surface area contributed by atoms with Crippen LogP contribution >= 0.6 is 0 Å². The van der Waals surface area contributed by atoms with E-state index in [0.717, 1.165) is 52.7 Å². The SMILES string of the molecule is CCC(O)(CN)C[C@H]1CCCCc2c([nH]c3ccccc23)[C@@](C(=O)OC)(c2cc3c(cc2OC)N(C)C2[C@]34CCN3CC=C[C@](CC)(C34)[C@@H](O)[C@]2(O)C(=O)NCCCOC(=O)C(N)C(C)(C)C)C1. The molecule has 2 fully saturated rings. The second-order valence-corrected chi connectivity index (χ2v) is 21.7. The summed E-state index contributed by atoms with van der Waals surface area (Å²) in [4.78, 5) is 51.3. The Morgan fingerprint density at radius 3 is 2.50 bits per heavy atom. The van der Waals surface area contributed by atoms with Gasteiger partial charge in [-0.3, -0.25) is 19.3 Å². The lowest BCUT2D eigenvalue weighted by Gasteiger charge is -2.63. The number of benzene rings is 2. The van der Waals surface area contributed by atoms with E-state index in [1.807, 2.05) is 83.0 Å². The number of H-pyrrole nitrogens is 1. The van der Waals surface area contributed by atoms with Gasteiger partial charge in [-0.1, -0.05) is 77.8 Å². The maximum atomic E-state index is 15.5. The summed E-state index contributed by atoms with van der Waals surface area (Å²) < 4.78 is 17.9. The van der Waals surface area contributed by atoms with E-state index in [1.165, 1.54) is 7.11 Å². The summed E-state index contributed by atoms with van der Waals surface area (Å²) in [5, 5.41) is 42.2. The normalized spacial score (nSPS) is 31.3. The van der Waals surface area contributed by atoms with Crippen molar-refractivity contribution >= 4 is 34.4 Å². The second kappa shape index (κ2) is 18.3. The Hall–Kier alpha value is -4.51. The number of ether oxygens (including phenoxy) is 3. The predicted octanol–water partition coefficient (Wildman–Crippen LogP) is 4.48. The van der Waals surface area contributed by atoms with E-state index < -0.39 is 68.9 Å². The lowest BCUT2D eigenvalue weighted by atomic mass is 9.47. The molecule has 0 bridgehead atoms. The molecule has 3 aliphatic heterocycles. The van der Waals surface area contributed by atoms with Crippen LogP contribution in [0.3, 0.4) is 0 Å². The van der Waals surface area contributed by atoms with Gasteiger partial charge < -0.3 is 56.2 Å². The third-order valence-corrected chi connectivity index (χ3v) is 17.2. The Balaban J connectivity index is 1.31. The summed E-state index contributed by atoms with van der Waals surface area (Å²) in [7, 11) is 4.87. The first kappa shape index (κ1) is 49.9. The Morgan fingerprint density at radius 2 is 1.82 bits per heavy atom. The number of aryl methyl sites for hydroxylation is 1. The minimum absolute atomic E-state index is 0.00860. The molecule has 2 aliphatic carbocycles. The molecule has 15 nitrogen and oxygen atoms in total. The molecular weight excluding hydrogens is 865 g/mol. The number of fused-ring (bicyclic) bond motifs is 4. The molecule has 10 atom stereocenters. The average Bonchev–Trinajstić information content (AvgIpc) is 4.00. The number of aliphatic hydroxyl groups is 3. The largest absolute Gasteiger partial charge is 0.496 e.